The summed E-state index contributed by atoms with van der Waals surface area (Å²) < 4.78 is 11.0. The molecule has 0 saturated carbocycles. The third-order valence-electron chi connectivity index (χ3n) is 3.79. The van der Waals surface area contributed by atoms with Crippen molar-refractivity contribution in [2.45, 2.75) is 58.3 Å². The number of hydrogen-bond donors (Lipinski definition) is 2. The van der Waals surface area contributed by atoms with Crippen LogP contribution in [0.1, 0.15) is 34.1 Å². The molecule has 1 atom stereocenters. The van der Waals surface area contributed by atoms with E-state index in [9.17, 15) is 9.59 Å². The molecule has 0 aromatic carbocycles. The minimum Gasteiger partial charge on any atom is -0.417 e. The molecule has 0 unspecified atom stereocenters. The molecular weight excluding hydrogens is 288 g/mol. The van der Waals surface area contributed by atoms with Crippen LogP contribution in [0, 0.1) is 0 Å². The lowest BCUT2D eigenvalue weighted by atomic mass is 10.2. The number of primary amides is 1. The molecule has 0 aromatic rings. The molecule has 0 radical (unpaired) electrons. The van der Waals surface area contributed by atoms with Crippen LogP contribution in [-0.2, 0) is 18.8 Å². The van der Waals surface area contributed by atoms with Gasteiger partial charge in [-0.25, -0.2) is 0 Å². The first-order chi connectivity index (χ1) is 9.51. The van der Waals surface area contributed by atoms with Gasteiger partial charge in [0.25, 0.3) is 0 Å². The van der Waals surface area contributed by atoms with Crippen LogP contribution in [0.4, 0.5) is 0 Å². The lowest BCUT2D eigenvalue weighted by Crippen LogP contribution is -2.47. The predicted octanol–water partition coefficient (Wildman–Crippen LogP) is 1.40. The van der Waals surface area contributed by atoms with Crippen molar-refractivity contribution in [1.82, 2.24) is 5.32 Å². The molecule has 0 aromatic heterocycles. The Kier molecular flexibility index (Phi) is 8.13. The van der Waals surface area contributed by atoms with E-state index >= 15 is 0 Å². The highest BCUT2D eigenvalue weighted by Crippen LogP contribution is 2.36. The average molecular weight is 318 g/mol. The van der Waals surface area contributed by atoms with Crippen molar-refractivity contribution in [3.63, 3.8) is 0 Å². The van der Waals surface area contributed by atoms with Gasteiger partial charge >= 0.3 is 0 Å². The van der Waals surface area contributed by atoms with Gasteiger partial charge in [-0.2, -0.15) is 0 Å². The van der Waals surface area contributed by atoms with E-state index in [4.69, 9.17) is 14.9 Å². The Morgan fingerprint density at radius 2 is 1.86 bits per heavy atom. The van der Waals surface area contributed by atoms with Gasteiger partial charge in [0.05, 0.1) is 0 Å². The largest absolute Gasteiger partial charge is 0.417 e. The minimum atomic E-state index is -1.86. The van der Waals surface area contributed by atoms with Gasteiger partial charge in [-0.3, -0.25) is 9.59 Å². The zero-order valence-electron chi connectivity index (χ0n) is 14.1. The molecule has 2 amide bonds. The quantitative estimate of drug-likeness (QED) is 0.629. The number of ether oxygens (including phenoxy) is 1. The maximum Gasteiger partial charge on any atom is 0.246 e. The van der Waals surface area contributed by atoms with Crippen molar-refractivity contribution in [2.24, 2.45) is 5.73 Å². The first-order valence-corrected chi connectivity index (χ1v) is 10.2. The highest BCUT2D eigenvalue weighted by atomic mass is 28.4. The summed E-state index contributed by atoms with van der Waals surface area (Å²) in [4.78, 5) is 22.9. The van der Waals surface area contributed by atoms with Crippen molar-refractivity contribution < 1.29 is 18.8 Å². The molecule has 3 N–H and O–H groups in total. The second-order valence-corrected chi connectivity index (χ2v) is 11.4. The van der Waals surface area contributed by atoms with E-state index in [0.29, 0.717) is 19.6 Å². The van der Waals surface area contributed by atoms with Crippen molar-refractivity contribution in [3.8, 4) is 0 Å². The Hall–Kier alpha value is -0.923. The van der Waals surface area contributed by atoms with Crippen LogP contribution in [0.3, 0.4) is 0 Å². The molecule has 124 valence electrons. The van der Waals surface area contributed by atoms with Crippen molar-refractivity contribution in [2.75, 3.05) is 19.8 Å². The Bertz CT molecular complexity index is 353. The molecule has 0 aliphatic heterocycles. The number of rotatable bonds is 9. The van der Waals surface area contributed by atoms with Crippen LogP contribution in [0.15, 0.2) is 0 Å². The Morgan fingerprint density at radius 1 is 1.29 bits per heavy atom. The molecule has 0 saturated heterocycles. The minimum absolute atomic E-state index is 0.0661. The highest BCUT2D eigenvalue weighted by molar-refractivity contribution is 6.74. The van der Waals surface area contributed by atoms with Crippen LogP contribution in [0.2, 0.25) is 18.1 Å². The van der Waals surface area contributed by atoms with E-state index in [1.165, 1.54) is 0 Å². The normalized spacial score (nSPS) is 13.8. The van der Waals surface area contributed by atoms with Crippen LogP contribution >= 0.6 is 0 Å². The second kappa shape index (κ2) is 8.50. The summed E-state index contributed by atoms with van der Waals surface area (Å²) in [6, 6.07) is -0.720. The molecule has 21 heavy (non-hydrogen) atoms. The Balaban J connectivity index is 4.35. The van der Waals surface area contributed by atoms with Gasteiger partial charge < -0.3 is 20.2 Å². The number of nitrogens with one attached hydrogen (secondary N) is 1. The molecule has 0 heterocycles. The molecule has 0 aliphatic carbocycles. The lowest BCUT2D eigenvalue weighted by molar-refractivity contribution is -0.130. The third-order valence-corrected chi connectivity index (χ3v) is 8.33. The van der Waals surface area contributed by atoms with Crippen LogP contribution in [0.5, 0.6) is 0 Å². The second-order valence-electron chi connectivity index (χ2n) is 6.56. The van der Waals surface area contributed by atoms with E-state index in [0.717, 1.165) is 0 Å². The van der Waals surface area contributed by atoms with E-state index in [1.54, 1.807) is 6.92 Å². The first-order valence-electron chi connectivity index (χ1n) is 7.31. The van der Waals surface area contributed by atoms with Gasteiger partial charge in [0.2, 0.25) is 11.8 Å². The van der Waals surface area contributed by atoms with Crippen LogP contribution in [-0.4, -0.2) is 46.0 Å². The maximum atomic E-state index is 11.6. The number of hydrogen-bond acceptors (Lipinski definition) is 4. The zero-order valence-corrected chi connectivity index (χ0v) is 15.1. The molecule has 0 aliphatic rings. The molecule has 0 bridgehead atoms. The summed E-state index contributed by atoms with van der Waals surface area (Å²) in [5.41, 5.74) is 5.31. The van der Waals surface area contributed by atoms with E-state index < -0.39 is 20.3 Å². The fourth-order valence-electron chi connectivity index (χ4n) is 1.36. The number of amides is 2. The fraction of sp³-hybridized carbons (Fsp3) is 0.857. The fourth-order valence-corrected chi connectivity index (χ4v) is 2.43. The maximum absolute atomic E-state index is 11.6. The molecule has 0 rings (SSSR count). The van der Waals surface area contributed by atoms with Crippen molar-refractivity contribution in [3.05, 3.63) is 0 Å². The molecule has 6 nitrogen and oxygen atoms in total. The van der Waals surface area contributed by atoms with Crippen molar-refractivity contribution >= 4 is 20.1 Å². The number of carbonyl (C=O) groups excluding carboxylic acids is 2. The summed E-state index contributed by atoms with van der Waals surface area (Å²) in [7, 11) is -1.86. The van der Waals surface area contributed by atoms with Crippen molar-refractivity contribution in [1.29, 1.82) is 0 Å². The van der Waals surface area contributed by atoms with Gasteiger partial charge in [-0.15, -0.1) is 0 Å². The van der Waals surface area contributed by atoms with Crippen LogP contribution < -0.4 is 11.1 Å². The Labute approximate surface area is 128 Å². The molecule has 0 fully saturated rings. The number of nitrogens with two attached hydrogens (primary N) is 1. The predicted molar refractivity (Wildman–Crippen MR) is 85.4 cm³/mol. The first kappa shape index (κ1) is 20.1. The summed E-state index contributed by atoms with van der Waals surface area (Å²) in [5, 5.41) is 2.68. The smallest absolute Gasteiger partial charge is 0.246 e. The van der Waals surface area contributed by atoms with Gasteiger partial charge in [-0.1, -0.05) is 20.8 Å². The van der Waals surface area contributed by atoms with E-state index in [1.807, 2.05) is 0 Å². The van der Waals surface area contributed by atoms with Gasteiger partial charge in [0.15, 0.2) is 8.32 Å². The lowest BCUT2D eigenvalue weighted by Gasteiger charge is -2.36. The average Bonchev–Trinajstić information content (AvgIpc) is 2.33. The van der Waals surface area contributed by atoms with Gasteiger partial charge in [0, 0.05) is 13.2 Å². The van der Waals surface area contributed by atoms with E-state index in [-0.39, 0.29) is 17.6 Å². The standard InChI is InChI=1S/C14H30N2O4Si/c1-7-19-10-12(17)16-11(13(15)18)8-9-20-21(5,6)14(2,3)4/h11H,7-10H2,1-6H3,(H2,15,18)(H,16,17)/t11-/m1/s1. The summed E-state index contributed by atoms with van der Waals surface area (Å²) in [6.07, 6.45) is 0.375. The highest BCUT2D eigenvalue weighted by Gasteiger charge is 2.37. The Morgan fingerprint density at radius 3 is 2.29 bits per heavy atom. The van der Waals surface area contributed by atoms with Gasteiger partial charge in [-0.05, 0) is 31.5 Å². The molecule has 0 spiro atoms. The topological polar surface area (TPSA) is 90.7 Å². The van der Waals surface area contributed by atoms with Crippen LogP contribution in [0.25, 0.3) is 0 Å². The monoisotopic (exact) mass is 318 g/mol. The summed E-state index contributed by atoms with van der Waals surface area (Å²) in [5.74, 6) is -0.897. The zero-order chi connectivity index (χ0) is 16.7. The van der Waals surface area contributed by atoms with E-state index in [2.05, 4.69) is 39.2 Å². The summed E-state index contributed by atoms with van der Waals surface area (Å²) in [6.45, 7) is 13.3. The third kappa shape index (κ3) is 7.59. The molecule has 7 heteroatoms. The van der Waals surface area contributed by atoms with Gasteiger partial charge in [0.1, 0.15) is 12.6 Å². The SMILES string of the molecule is CCOCC(=O)N[C@H](CCO[Si](C)(C)C(C)(C)C)C(N)=O. The molecular formula is C14H30N2O4Si. The number of carbonyl (C=O) groups is 2. The summed E-state index contributed by atoms with van der Waals surface area (Å²) >= 11 is 0.